The van der Waals surface area contributed by atoms with Crippen molar-refractivity contribution in [1.29, 1.82) is 0 Å². The molecule has 2 rings (SSSR count). The predicted octanol–water partition coefficient (Wildman–Crippen LogP) is 0.974. The van der Waals surface area contributed by atoms with E-state index >= 15 is 0 Å². The molecule has 1 aliphatic heterocycles. The fourth-order valence-electron chi connectivity index (χ4n) is 2.40. The standard InChI is InChI=1S/C15H23N3O4S.ClH/c1-23(20,21)18-13-2-4-14(5-3-13)22-11-10-17-15(19)12-6-8-16-9-7-12;/h2-5,12,16,18H,6-11H2,1H3,(H,17,19);1H. The lowest BCUT2D eigenvalue weighted by molar-refractivity contribution is -0.125. The number of amides is 1. The minimum absolute atomic E-state index is 0. The molecule has 7 nitrogen and oxygen atoms in total. The number of hydrogen-bond acceptors (Lipinski definition) is 5. The number of ether oxygens (including phenoxy) is 1. The third-order valence-electron chi connectivity index (χ3n) is 3.54. The summed E-state index contributed by atoms with van der Waals surface area (Å²) in [4.78, 5) is 11.9. The molecule has 0 aliphatic carbocycles. The summed E-state index contributed by atoms with van der Waals surface area (Å²) in [5.74, 6) is 0.806. The number of hydrogen-bond donors (Lipinski definition) is 3. The fourth-order valence-corrected chi connectivity index (χ4v) is 2.97. The Morgan fingerprint density at radius 1 is 1.25 bits per heavy atom. The molecule has 1 heterocycles. The maximum atomic E-state index is 11.9. The van der Waals surface area contributed by atoms with E-state index in [0.29, 0.717) is 24.6 Å². The Bertz CT molecular complexity index is 616. The molecule has 0 radical (unpaired) electrons. The van der Waals surface area contributed by atoms with E-state index in [1.54, 1.807) is 24.3 Å². The lowest BCUT2D eigenvalue weighted by atomic mass is 9.97. The van der Waals surface area contributed by atoms with Gasteiger partial charge in [-0.3, -0.25) is 9.52 Å². The van der Waals surface area contributed by atoms with E-state index in [-0.39, 0.29) is 24.2 Å². The van der Waals surface area contributed by atoms with Crippen molar-refractivity contribution in [3.8, 4) is 5.75 Å². The molecular weight excluding hydrogens is 354 g/mol. The molecule has 0 saturated carbocycles. The van der Waals surface area contributed by atoms with Crippen LogP contribution in [-0.4, -0.2) is 46.8 Å². The van der Waals surface area contributed by atoms with Crippen LogP contribution in [0, 0.1) is 5.92 Å². The number of carbonyl (C=O) groups is 1. The van der Waals surface area contributed by atoms with E-state index in [0.717, 1.165) is 32.2 Å². The van der Waals surface area contributed by atoms with Gasteiger partial charge in [0.15, 0.2) is 0 Å². The van der Waals surface area contributed by atoms with Gasteiger partial charge in [0.1, 0.15) is 12.4 Å². The van der Waals surface area contributed by atoms with E-state index < -0.39 is 10.0 Å². The van der Waals surface area contributed by atoms with Crippen LogP contribution < -0.4 is 20.1 Å². The maximum Gasteiger partial charge on any atom is 0.229 e. The minimum atomic E-state index is -3.27. The van der Waals surface area contributed by atoms with Crippen LogP contribution >= 0.6 is 12.4 Å². The topological polar surface area (TPSA) is 96.5 Å². The monoisotopic (exact) mass is 377 g/mol. The molecule has 0 aromatic heterocycles. The van der Waals surface area contributed by atoms with Gasteiger partial charge >= 0.3 is 0 Å². The molecule has 3 N–H and O–H groups in total. The van der Waals surface area contributed by atoms with Gasteiger partial charge in [0.25, 0.3) is 0 Å². The van der Waals surface area contributed by atoms with E-state index in [1.807, 2.05) is 0 Å². The Kier molecular flexibility index (Phi) is 8.30. The summed E-state index contributed by atoms with van der Waals surface area (Å²) in [7, 11) is -3.27. The number of carbonyl (C=O) groups excluding carboxylic acids is 1. The molecule has 0 unspecified atom stereocenters. The van der Waals surface area contributed by atoms with Gasteiger partial charge < -0.3 is 15.4 Å². The number of rotatable bonds is 7. The summed E-state index contributed by atoms with van der Waals surface area (Å²) in [6.07, 6.45) is 2.85. The van der Waals surface area contributed by atoms with Gasteiger partial charge in [-0.1, -0.05) is 0 Å². The molecule has 1 saturated heterocycles. The predicted molar refractivity (Wildman–Crippen MR) is 96.3 cm³/mol. The molecule has 0 atom stereocenters. The first-order valence-corrected chi connectivity index (χ1v) is 9.52. The zero-order valence-electron chi connectivity index (χ0n) is 13.6. The van der Waals surface area contributed by atoms with Crippen LogP contribution in [0.5, 0.6) is 5.75 Å². The summed E-state index contributed by atoms with van der Waals surface area (Å²) >= 11 is 0. The van der Waals surface area contributed by atoms with E-state index in [4.69, 9.17) is 4.74 Å². The van der Waals surface area contributed by atoms with Gasteiger partial charge in [-0.25, -0.2) is 8.42 Å². The molecule has 1 fully saturated rings. The summed E-state index contributed by atoms with van der Waals surface area (Å²) in [5, 5.41) is 6.11. The number of sulfonamides is 1. The van der Waals surface area contributed by atoms with Crippen LogP contribution in [0.15, 0.2) is 24.3 Å². The summed E-state index contributed by atoms with van der Waals surface area (Å²) in [6.45, 7) is 2.60. The molecule has 136 valence electrons. The van der Waals surface area contributed by atoms with Crippen LogP contribution in [0.2, 0.25) is 0 Å². The Morgan fingerprint density at radius 3 is 2.46 bits per heavy atom. The minimum Gasteiger partial charge on any atom is -0.492 e. The van der Waals surface area contributed by atoms with Crippen molar-refractivity contribution in [1.82, 2.24) is 10.6 Å². The maximum absolute atomic E-state index is 11.9. The van der Waals surface area contributed by atoms with Crippen LogP contribution in [-0.2, 0) is 14.8 Å². The van der Waals surface area contributed by atoms with Crippen molar-refractivity contribution in [3.63, 3.8) is 0 Å². The first-order chi connectivity index (χ1) is 10.9. The second kappa shape index (κ2) is 9.71. The van der Waals surface area contributed by atoms with Gasteiger partial charge in [0.2, 0.25) is 15.9 Å². The Hall–Kier alpha value is -1.51. The largest absolute Gasteiger partial charge is 0.492 e. The number of halogens is 1. The van der Waals surface area contributed by atoms with Crippen molar-refractivity contribution in [2.75, 3.05) is 37.2 Å². The lowest BCUT2D eigenvalue weighted by Gasteiger charge is -2.21. The molecule has 1 aromatic carbocycles. The highest BCUT2D eigenvalue weighted by molar-refractivity contribution is 7.92. The fraction of sp³-hybridized carbons (Fsp3) is 0.533. The lowest BCUT2D eigenvalue weighted by Crippen LogP contribution is -2.39. The smallest absolute Gasteiger partial charge is 0.229 e. The average Bonchev–Trinajstić information content (AvgIpc) is 2.52. The average molecular weight is 378 g/mol. The Balaban J connectivity index is 0.00000288. The van der Waals surface area contributed by atoms with Crippen LogP contribution in [0.4, 0.5) is 5.69 Å². The third-order valence-corrected chi connectivity index (χ3v) is 4.14. The molecule has 24 heavy (non-hydrogen) atoms. The highest BCUT2D eigenvalue weighted by atomic mass is 35.5. The van der Waals surface area contributed by atoms with E-state index in [2.05, 4.69) is 15.4 Å². The second-order valence-electron chi connectivity index (χ2n) is 5.56. The highest BCUT2D eigenvalue weighted by Gasteiger charge is 2.20. The first kappa shape index (κ1) is 20.5. The van der Waals surface area contributed by atoms with Crippen molar-refractivity contribution in [3.05, 3.63) is 24.3 Å². The first-order valence-electron chi connectivity index (χ1n) is 7.63. The van der Waals surface area contributed by atoms with Gasteiger partial charge in [0.05, 0.1) is 12.8 Å². The van der Waals surface area contributed by atoms with Crippen molar-refractivity contribution >= 4 is 34.0 Å². The Labute approximate surface area is 149 Å². The van der Waals surface area contributed by atoms with Crippen LogP contribution in [0.25, 0.3) is 0 Å². The number of anilines is 1. The molecule has 9 heteroatoms. The quantitative estimate of drug-likeness (QED) is 0.615. The Morgan fingerprint density at radius 2 is 1.88 bits per heavy atom. The summed E-state index contributed by atoms with van der Waals surface area (Å²) in [6, 6.07) is 6.62. The number of nitrogens with one attached hydrogen (secondary N) is 3. The SMILES string of the molecule is CS(=O)(=O)Nc1ccc(OCCNC(=O)C2CCNCC2)cc1.Cl. The van der Waals surface area contributed by atoms with Gasteiger partial charge in [-0.15, -0.1) is 12.4 Å². The van der Waals surface area contributed by atoms with Gasteiger partial charge in [-0.05, 0) is 50.2 Å². The number of benzene rings is 1. The van der Waals surface area contributed by atoms with E-state index in [1.165, 1.54) is 0 Å². The summed E-state index contributed by atoms with van der Waals surface area (Å²) in [5.41, 5.74) is 0.485. The molecular formula is C15H24ClN3O4S. The summed E-state index contributed by atoms with van der Waals surface area (Å²) < 4.78 is 30.1. The molecule has 1 aromatic rings. The van der Waals surface area contributed by atoms with E-state index in [9.17, 15) is 13.2 Å². The zero-order valence-corrected chi connectivity index (χ0v) is 15.2. The van der Waals surface area contributed by atoms with Crippen LogP contribution in [0.1, 0.15) is 12.8 Å². The molecule has 1 amide bonds. The zero-order chi connectivity index (χ0) is 16.7. The van der Waals surface area contributed by atoms with Crippen LogP contribution in [0.3, 0.4) is 0 Å². The van der Waals surface area contributed by atoms with Gasteiger partial charge in [-0.2, -0.15) is 0 Å². The van der Waals surface area contributed by atoms with Crippen molar-refractivity contribution in [2.24, 2.45) is 5.92 Å². The van der Waals surface area contributed by atoms with Crippen molar-refractivity contribution in [2.45, 2.75) is 12.8 Å². The molecule has 0 spiro atoms. The molecule has 0 bridgehead atoms. The van der Waals surface area contributed by atoms with Gasteiger partial charge in [0, 0.05) is 11.6 Å². The number of piperidine rings is 1. The molecule has 1 aliphatic rings. The van der Waals surface area contributed by atoms with Crippen molar-refractivity contribution < 1.29 is 17.9 Å². The normalized spacial score (nSPS) is 15.2. The second-order valence-corrected chi connectivity index (χ2v) is 7.31. The third kappa shape index (κ3) is 7.37. The highest BCUT2D eigenvalue weighted by Crippen LogP contribution is 2.16.